The van der Waals surface area contributed by atoms with Crippen molar-refractivity contribution >= 4 is 40.5 Å². The van der Waals surface area contributed by atoms with Crippen molar-refractivity contribution < 1.29 is 19.1 Å². The summed E-state index contributed by atoms with van der Waals surface area (Å²) in [5.41, 5.74) is 6.44. The van der Waals surface area contributed by atoms with Gasteiger partial charge in [-0.15, -0.1) is 0 Å². The summed E-state index contributed by atoms with van der Waals surface area (Å²) in [7, 11) is 1.32. The molecule has 11 nitrogen and oxygen atoms in total. The fourth-order valence-corrected chi connectivity index (χ4v) is 2.92. The molecule has 3 rings (SSSR count). The first-order chi connectivity index (χ1) is 14.4. The number of hydrazine groups is 1. The average molecular weight is 411 g/mol. The quantitative estimate of drug-likeness (QED) is 0.160. The number of anilines is 3. The molecule has 30 heavy (non-hydrogen) atoms. The Morgan fingerprint density at radius 2 is 2.17 bits per heavy atom. The molecule has 11 heteroatoms. The van der Waals surface area contributed by atoms with Crippen LogP contribution in [0.4, 0.5) is 17.5 Å². The van der Waals surface area contributed by atoms with Gasteiger partial charge in [-0.1, -0.05) is 6.92 Å². The first-order valence-corrected chi connectivity index (χ1v) is 9.03. The molecule has 5 N–H and O–H groups in total. The third-order valence-electron chi connectivity index (χ3n) is 4.49. The second-order valence-electron chi connectivity index (χ2n) is 6.37. The number of fused-ring (bicyclic) bond motifs is 1. The number of methoxy groups -OCH3 is 1. The van der Waals surface area contributed by atoms with Crippen molar-refractivity contribution in [1.29, 1.82) is 0 Å². The molecule has 1 unspecified atom stereocenters. The summed E-state index contributed by atoms with van der Waals surface area (Å²) < 4.78 is 5.95. The lowest BCUT2D eigenvalue weighted by Gasteiger charge is -2.23. The lowest BCUT2D eigenvalue weighted by Crippen LogP contribution is -2.43. The van der Waals surface area contributed by atoms with E-state index in [4.69, 9.17) is 16.3 Å². The molecule has 2 aromatic heterocycles. The highest BCUT2D eigenvalue weighted by Gasteiger charge is 2.24. The van der Waals surface area contributed by atoms with Crippen LogP contribution in [0.15, 0.2) is 36.5 Å². The van der Waals surface area contributed by atoms with E-state index < -0.39 is 11.9 Å². The maximum atomic E-state index is 12.1. The summed E-state index contributed by atoms with van der Waals surface area (Å²) in [4.78, 5) is 31.7. The number of aromatic nitrogens is 3. The molecule has 2 heterocycles. The van der Waals surface area contributed by atoms with E-state index in [-0.39, 0.29) is 23.2 Å². The number of aldehydes is 1. The molecule has 0 aliphatic heterocycles. The zero-order valence-electron chi connectivity index (χ0n) is 16.4. The molecule has 0 bridgehead atoms. The van der Waals surface area contributed by atoms with Crippen LogP contribution in [-0.4, -0.2) is 35.3 Å². The Hall–Kier alpha value is -3.99. The van der Waals surface area contributed by atoms with Gasteiger partial charge in [-0.3, -0.25) is 9.80 Å². The molecular weight excluding hydrogens is 390 g/mol. The number of amides is 1. The molecule has 3 aromatic rings. The standard InChI is InChI=1S/C19H21N7O4/c1-3-13(10-27)26(21)19-23-17(15(16(20)28)18(24-19)30-2)22-12-6-7-14-11(9-12)5-4-8-25(14)29/h4-10,13H,3,21H2,1-2H3,(H2,20,28)(H,22,23,24). The zero-order chi connectivity index (χ0) is 21.8. The van der Waals surface area contributed by atoms with Gasteiger partial charge in [0.1, 0.15) is 17.9 Å². The van der Waals surface area contributed by atoms with Crippen LogP contribution >= 0.6 is 0 Å². The lowest BCUT2D eigenvalue weighted by molar-refractivity contribution is -0.577. The molecular formula is C19H21N7O4. The molecule has 1 atom stereocenters. The maximum absolute atomic E-state index is 12.1. The van der Waals surface area contributed by atoms with Crippen LogP contribution in [0.5, 0.6) is 5.88 Å². The number of primary amides is 1. The zero-order valence-corrected chi connectivity index (χ0v) is 16.4. The Bertz CT molecular complexity index is 1110. The van der Waals surface area contributed by atoms with Crippen molar-refractivity contribution in [1.82, 2.24) is 9.97 Å². The summed E-state index contributed by atoms with van der Waals surface area (Å²) in [6, 6.07) is 7.71. The summed E-state index contributed by atoms with van der Waals surface area (Å²) in [5, 5.41) is 16.6. The molecule has 0 saturated heterocycles. The van der Waals surface area contributed by atoms with Gasteiger partial charge in [-0.25, -0.2) is 5.84 Å². The fourth-order valence-electron chi connectivity index (χ4n) is 2.92. The Kier molecular flexibility index (Phi) is 5.93. The van der Waals surface area contributed by atoms with Crippen molar-refractivity contribution in [2.75, 3.05) is 17.4 Å². The van der Waals surface area contributed by atoms with Gasteiger partial charge in [-0.2, -0.15) is 14.7 Å². The number of carbonyl (C=O) groups excluding carboxylic acids is 2. The van der Waals surface area contributed by atoms with E-state index in [0.29, 0.717) is 29.3 Å². The molecule has 0 aliphatic carbocycles. The van der Waals surface area contributed by atoms with Gasteiger partial charge < -0.3 is 25.8 Å². The third kappa shape index (κ3) is 3.91. The van der Waals surface area contributed by atoms with Crippen LogP contribution in [0.3, 0.4) is 0 Å². The minimum atomic E-state index is -0.815. The third-order valence-corrected chi connectivity index (χ3v) is 4.49. The van der Waals surface area contributed by atoms with Crippen LogP contribution in [0.1, 0.15) is 23.7 Å². The summed E-state index contributed by atoms with van der Waals surface area (Å²) >= 11 is 0. The predicted octanol–water partition coefficient (Wildman–Crippen LogP) is 0.772. The number of benzene rings is 1. The monoisotopic (exact) mass is 411 g/mol. The number of nitrogens with zero attached hydrogens (tertiary/aromatic N) is 4. The molecule has 0 spiro atoms. The second-order valence-corrected chi connectivity index (χ2v) is 6.37. The van der Waals surface area contributed by atoms with Crippen molar-refractivity contribution in [3.8, 4) is 5.88 Å². The van der Waals surface area contributed by atoms with Crippen LogP contribution in [-0.2, 0) is 4.79 Å². The van der Waals surface area contributed by atoms with Crippen LogP contribution in [0, 0.1) is 5.21 Å². The number of rotatable bonds is 8. The Morgan fingerprint density at radius 3 is 2.80 bits per heavy atom. The van der Waals surface area contributed by atoms with E-state index in [2.05, 4.69) is 15.3 Å². The van der Waals surface area contributed by atoms with Gasteiger partial charge in [0, 0.05) is 23.2 Å². The highest BCUT2D eigenvalue weighted by Crippen LogP contribution is 2.29. The van der Waals surface area contributed by atoms with E-state index in [1.807, 2.05) is 0 Å². The number of nitrogens with two attached hydrogens (primary N) is 2. The normalized spacial score (nSPS) is 11.7. The number of hydrogen-bond acceptors (Lipinski definition) is 9. The molecule has 0 saturated carbocycles. The molecule has 0 aliphatic rings. The van der Waals surface area contributed by atoms with E-state index in [1.54, 1.807) is 37.3 Å². The van der Waals surface area contributed by atoms with Crippen molar-refractivity contribution in [3.63, 3.8) is 0 Å². The number of pyridine rings is 1. The minimum Gasteiger partial charge on any atom is -0.618 e. The Labute approximate surface area is 171 Å². The molecule has 1 amide bonds. The Morgan fingerprint density at radius 1 is 1.40 bits per heavy atom. The van der Waals surface area contributed by atoms with Gasteiger partial charge in [0.2, 0.25) is 17.3 Å². The SMILES string of the molecule is CCC(C=O)N(N)c1nc(Nc2ccc3c(ccc[n+]3[O-])c2)c(C(N)=O)c(OC)n1. The predicted molar refractivity (Wildman–Crippen MR) is 110 cm³/mol. The van der Waals surface area contributed by atoms with Gasteiger partial charge in [0.15, 0.2) is 12.0 Å². The van der Waals surface area contributed by atoms with Crippen molar-refractivity contribution in [2.45, 2.75) is 19.4 Å². The summed E-state index contributed by atoms with van der Waals surface area (Å²) in [6.45, 7) is 1.78. The van der Waals surface area contributed by atoms with E-state index in [1.165, 1.54) is 13.3 Å². The second kappa shape index (κ2) is 8.57. The Balaban J connectivity index is 2.10. The lowest BCUT2D eigenvalue weighted by atomic mass is 10.2. The van der Waals surface area contributed by atoms with Crippen molar-refractivity contribution in [3.05, 3.63) is 47.3 Å². The first-order valence-electron chi connectivity index (χ1n) is 9.03. The van der Waals surface area contributed by atoms with Gasteiger partial charge in [0.05, 0.1) is 7.11 Å². The average Bonchev–Trinajstić information content (AvgIpc) is 2.73. The van der Waals surface area contributed by atoms with Crippen molar-refractivity contribution in [2.24, 2.45) is 11.6 Å². The van der Waals surface area contributed by atoms with Gasteiger partial charge >= 0.3 is 0 Å². The number of nitrogens with one attached hydrogen (secondary N) is 1. The largest absolute Gasteiger partial charge is 0.618 e. The summed E-state index contributed by atoms with van der Waals surface area (Å²) in [6.07, 6.45) is 2.49. The molecule has 156 valence electrons. The maximum Gasteiger partial charge on any atom is 0.258 e. The van der Waals surface area contributed by atoms with Gasteiger partial charge in [0.25, 0.3) is 5.91 Å². The van der Waals surface area contributed by atoms with Crippen LogP contribution in [0.25, 0.3) is 10.9 Å². The smallest absolute Gasteiger partial charge is 0.258 e. The minimum absolute atomic E-state index is 0.0310. The van der Waals surface area contributed by atoms with Crippen LogP contribution < -0.4 is 31.4 Å². The molecule has 0 fully saturated rings. The van der Waals surface area contributed by atoms with E-state index in [0.717, 1.165) is 9.74 Å². The van der Waals surface area contributed by atoms with E-state index in [9.17, 15) is 14.8 Å². The molecule has 0 radical (unpaired) electrons. The first kappa shape index (κ1) is 20.7. The number of ether oxygens (including phenoxy) is 1. The van der Waals surface area contributed by atoms with Crippen LogP contribution in [0.2, 0.25) is 0 Å². The highest BCUT2D eigenvalue weighted by molar-refractivity contribution is 6.01. The number of carbonyl (C=O) groups is 2. The number of hydrogen-bond donors (Lipinski definition) is 3. The topological polar surface area (TPSA) is 163 Å². The highest BCUT2D eigenvalue weighted by atomic mass is 16.5. The van der Waals surface area contributed by atoms with E-state index >= 15 is 0 Å². The fraction of sp³-hybridized carbons (Fsp3) is 0.211. The summed E-state index contributed by atoms with van der Waals surface area (Å²) in [5.74, 6) is 5.11. The van der Waals surface area contributed by atoms with Gasteiger partial charge in [-0.05, 0) is 24.6 Å². The molecule has 1 aromatic carbocycles.